The number of hydrogen-bond donors (Lipinski definition) is 1. The number of thioether (sulfide) groups is 1. The zero-order valence-electron chi connectivity index (χ0n) is 15.2. The zero-order valence-corrected chi connectivity index (χ0v) is 16.8. The third-order valence-corrected chi connectivity index (χ3v) is 5.65. The van der Waals surface area contributed by atoms with Gasteiger partial charge in [0.2, 0.25) is 5.91 Å². The molecule has 0 unspecified atom stereocenters. The maximum atomic E-state index is 12.3. The highest BCUT2D eigenvalue weighted by Gasteiger charge is 2.09. The summed E-state index contributed by atoms with van der Waals surface area (Å²) in [5, 5.41) is 5.52. The van der Waals surface area contributed by atoms with Crippen LogP contribution >= 0.6 is 23.1 Å². The van der Waals surface area contributed by atoms with Crippen LogP contribution in [0.1, 0.15) is 30.9 Å². The maximum absolute atomic E-state index is 12.3. The van der Waals surface area contributed by atoms with E-state index < -0.39 is 0 Å². The number of nitrogens with zero attached hydrogens (tertiary/aromatic N) is 1. The predicted octanol–water partition coefficient (Wildman–Crippen LogP) is 5.84. The first-order chi connectivity index (χ1) is 12.5. The van der Waals surface area contributed by atoms with Gasteiger partial charge in [0, 0.05) is 15.8 Å². The molecule has 0 aliphatic carbocycles. The molecule has 0 spiro atoms. The summed E-state index contributed by atoms with van der Waals surface area (Å²) >= 11 is 3.15. The van der Waals surface area contributed by atoms with Crippen LogP contribution in [0.5, 0.6) is 0 Å². The van der Waals surface area contributed by atoms with E-state index in [1.165, 1.54) is 21.8 Å². The molecule has 3 rings (SSSR count). The average molecular weight is 383 g/mol. The Kier molecular flexibility index (Phi) is 6.12. The molecule has 1 amide bonds. The first-order valence-corrected chi connectivity index (χ1v) is 10.6. The predicted molar refractivity (Wildman–Crippen MR) is 112 cm³/mol. The lowest BCUT2D eigenvalue weighted by Gasteiger charge is -2.05. The molecule has 0 atom stereocenters. The first kappa shape index (κ1) is 18.7. The molecule has 0 fully saturated rings. The van der Waals surface area contributed by atoms with E-state index in [1.807, 2.05) is 35.9 Å². The second-order valence-corrected chi connectivity index (χ2v) is 8.13. The fourth-order valence-corrected chi connectivity index (χ4v) is 3.74. The van der Waals surface area contributed by atoms with Crippen LogP contribution in [0.15, 0.2) is 58.8 Å². The standard InChI is InChI=1S/C21H22N2OS2/c1-14(2)16-6-8-17(9-7-16)19-13-26-21(22-19)23-20(24)12-15-4-10-18(25-3)11-5-15/h4-11,13-14H,12H2,1-3H3,(H,22,23,24). The summed E-state index contributed by atoms with van der Waals surface area (Å²) in [6, 6.07) is 16.5. The number of hydrogen-bond acceptors (Lipinski definition) is 4. The fraction of sp³-hybridized carbons (Fsp3) is 0.238. The van der Waals surface area contributed by atoms with E-state index in [9.17, 15) is 4.79 Å². The minimum absolute atomic E-state index is 0.0436. The van der Waals surface area contributed by atoms with Crippen molar-refractivity contribution in [3.63, 3.8) is 0 Å². The van der Waals surface area contributed by atoms with Gasteiger partial charge in [-0.2, -0.15) is 0 Å². The Morgan fingerprint density at radius 1 is 1.12 bits per heavy atom. The second-order valence-electron chi connectivity index (χ2n) is 6.39. The average Bonchev–Trinajstić information content (AvgIpc) is 3.10. The van der Waals surface area contributed by atoms with Gasteiger partial charge < -0.3 is 5.32 Å². The first-order valence-electron chi connectivity index (χ1n) is 8.54. The van der Waals surface area contributed by atoms with Crippen LogP contribution in [0.3, 0.4) is 0 Å². The summed E-state index contributed by atoms with van der Waals surface area (Å²) in [5.41, 5.74) is 4.27. The summed E-state index contributed by atoms with van der Waals surface area (Å²) in [6.45, 7) is 4.36. The normalized spacial score (nSPS) is 10.9. The lowest BCUT2D eigenvalue weighted by molar-refractivity contribution is -0.115. The molecule has 0 bridgehead atoms. The van der Waals surface area contributed by atoms with Crippen molar-refractivity contribution < 1.29 is 4.79 Å². The molecule has 0 saturated carbocycles. The molecule has 26 heavy (non-hydrogen) atoms. The zero-order chi connectivity index (χ0) is 18.5. The van der Waals surface area contributed by atoms with Crippen LogP contribution in [-0.4, -0.2) is 17.1 Å². The van der Waals surface area contributed by atoms with Crippen LogP contribution in [0.2, 0.25) is 0 Å². The Morgan fingerprint density at radius 3 is 2.42 bits per heavy atom. The largest absolute Gasteiger partial charge is 0.302 e. The number of carbonyl (C=O) groups excluding carboxylic acids is 1. The molecule has 0 aliphatic rings. The van der Waals surface area contributed by atoms with E-state index in [1.54, 1.807) is 11.8 Å². The Labute approximate surface area is 162 Å². The molecule has 1 heterocycles. The number of benzene rings is 2. The SMILES string of the molecule is CSc1ccc(CC(=O)Nc2nc(-c3ccc(C(C)C)cc3)cs2)cc1. The Morgan fingerprint density at radius 2 is 1.81 bits per heavy atom. The van der Waals surface area contributed by atoms with Gasteiger partial charge >= 0.3 is 0 Å². The Hall–Kier alpha value is -2.11. The molecule has 0 saturated heterocycles. The molecule has 1 N–H and O–H groups in total. The van der Waals surface area contributed by atoms with E-state index in [-0.39, 0.29) is 5.91 Å². The minimum atomic E-state index is -0.0436. The summed E-state index contributed by atoms with van der Waals surface area (Å²) in [7, 11) is 0. The molecule has 1 aromatic heterocycles. The maximum Gasteiger partial charge on any atom is 0.230 e. The van der Waals surface area contributed by atoms with E-state index in [0.717, 1.165) is 16.8 Å². The number of aromatic nitrogens is 1. The van der Waals surface area contributed by atoms with Crippen molar-refractivity contribution in [2.24, 2.45) is 0 Å². The number of amides is 1. The van der Waals surface area contributed by atoms with Crippen molar-refractivity contribution in [1.29, 1.82) is 0 Å². The van der Waals surface area contributed by atoms with Gasteiger partial charge in [-0.1, -0.05) is 50.2 Å². The van der Waals surface area contributed by atoms with Crippen molar-refractivity contribution in [3.8, 4) is 11.3 Å². The van der Waals surface area contributed by atoms with E-state index >= 15 is 0 Å². The second kappa shape index (κ2) is 8.52. The van der Waals surface area contributed by atoms with E-state index in [0.29, 0.717) is 17.5 Å². The molecule has 5 heteroatoms. The van der Waals surface area contributed by atoms with Crippen molar-refractivity contribution in [2.45, 2.75) is 31.1 Å². The smallest absolute Gasteiger partial charge is 0.230 e. The number of thiazole rings is 1. The van der Waals surface area contributed by atoms with Crippen molar-refractivity contribution in [1.82, 2.24) is 4.98 Å². The van der Waals surface area contributed by atoms with Gasteiger partial charge in [-0.3, -0.25) is 4.79 Å². The van der Waals surface area contributed by atoms with Gasteiger partial charge in [0.05, 0.1) is 12.1 Å². The van der Waals surface area contributed by atoms with Crippen LogP contribution in [0.25, 0.3) is 11.3 Å². The van der Waals surface area contributed by atoms with Crippen molar-refractivity contribution in [2.75, 3.05) is 11.6 Å². The summed E-state index contributed by atoms with van der Waals surface area (Å²) < 4.78 is 0. The van der Waals surface area contributed by atoms with Crippen molar-refractivity contribution in [3.05, 3.63) is 65.0 Å². The van der Waals surface area contributed by atoms with Gasteiger partial charge in [-0.15, -0.1) is 23.1 Å². The number of nitrogens with one attached hydrogen (secondary N) is 1. The Bertz CT molecular complexity index is 868. The number of carbonyl (C=O) groups is 1. The monoisotopic (exact) mass is 382 g/mol. The molecule has 3 nitrogen and oxygen atoms in total. The van der Waals surface area contributed by atoms with Crippen LogP contribution in [0.4, 0.5) is 5.13 Å². The van der Waals surface area contributed by atoms with E-state index in [4.69, 9.17) is 0 Å². The van der Waals surface area contributed by atoms with Crippen LogP contribution in [-0.2, 0) is 11.2 Å². The van der Waals surface area contributed by atoms with Gasteiger partial charge in [0.25, 0.3) is 0 Å². The summed E-state index contributed by atoms with van der Waals surface area (Å²) in [5.74, 6) is 0.470. The molecule has 134 valence electrons. The molecule has 3 aromatic rings. The Balaban J connectivity index is 1.62. The fourth-order valence-electron chi connectivity index (χ4n) is 2.59. The van der Waals surface area contributed by atoms with Crippen LogP contribution in [0, 0.1) is 0 Å². The van der Waals surface area contributed by atoms with Gasteiger partial charge in [-0.05, 0) is 35.4 Å². The molecular formula is C21H22N2OS2. The van der Waals surface area contributed by atoms with Crippen molar-refractivity contribution >= 4 is 34.1 Å². The van der Waals surface area contributed by atoms with E-state index in [2.05, 4.69) is 48.4 Å². The molecular weight excluding hydrogens is 360 g/mol. The molecule has 0 radical (unpaired) electrons. The van der Waals surface area contributed by atoms with Gasteiger partial charge in [0.1, 0.15) is 0 Å². The summed E-state index contributed by atoms with van der Waals surface area (Å²) in [6.07, 6.45) is 2.39. The molecule has 0 aliphatic heterocycles. The van der Waals surface area contributed by atoms with Crippen LogP contribution < -0.4 is 5.32 Å². The third-order valence-electron chi connectivity index (χ3n) is 4.15. The third kappa shape index (κ3) is 4.74. The lowest BCUT2D eigenvalue weighted by atomic mass is 10.0. The number of anilines is 1. The van der Waals surface area contributed by atoms with Gasteiger partial charge in [0.15, 0.2) is 5.13 Å². The highest BCUT2D eigenvalue weighted by atomic mass is 32.2. The summed E-state index contributed by atoms with van der Waals surface area (Å²) in [4.78, 5) is 18.0. The van der Waals surface area contributed by atoms with Gasteiger partial charge in [-0.25, -0.2) is 4.98 Å². The quantitative estimate of drug-likeness (QED) is 0.545. The topological polar surface area (TPSA) is 42.0 Å². The lowest BCUT2D eigenvalue weighted by Crippen LogP contribution is -2.14. The number of rotatable bonds is 6. The highest BCUT2D eigenvalue weighted by molar-refractivity contribution is 7.98. The highest BCUT2D eigenvalue weighted by Crippen LogP contribution is 2.26. The molecule has 2 aromatic carbocycles. The minimum Gasteiger partial charge on any atom is -0.302 e.